The summed E-state index contributed by atoms with van der Waals surface area (Å²) in [6, 6.07) is 63.4. The first-order valence-corrected chi connectivity index (χ1v) is 22.3. The third kappa shape index (κ3) is 10.2. The lowest BCUT2D eigenvalue weighted by Crippen LogP contribution is -1.93. The number of aromatic nitrogens is 2. The molecule has 0 fully saturated rings. The first-order valence-electron chi connectivity index (χ1n) is 19.6. The summed E-state index contributed by atoms with van der Waals surface area (Å²) in [6.45, 7) is 0. The fourth-order valence-electron chi connectivity index (χ4n) is 7.27. The molecule has 0 amide bonds. The van der Waals surface area contributed by atoms with Crippen LogP contribution in [0.1, 0.15) is 0 Å². The molecule has 8 aromatic carbocycles. The molecule has 0 atom stereocenters. The number of benzene rings is 8. The van der Waals surface area contributed by atoms with Crippen molar-refractivity contribution < 1.29 is 9.85 Å². The van der Waals surface area contributed by atoms with Crippen molar-refractivity contribution in [1.29, 1.82) is 0 Å². The van der Waals surface area contributed by atoms with Crippen LogP contribution in [0, 0.1) is 23.8 Å². The SMILES string of the molecule is Ic1ccc(-c2ccccc2)cc1.O=[N+]([O-])c1ccc(Br)cc1-c1ccc2[nH]ccc2c1.O=[N+]([O-])c1ccc(Br)cc1-c1ccc2c(ccn2-c2ccc(-c3ccccc3)cc2)c1. The molecular formula is C52H35Br2IN4O4. The predicted molar refractivity (Wildman–Crippen MR) is 271 cm³/mol. The van der Waals surface area contributed by atoms with Crippen LogP contribution < -0.4 is 0 Å². The van der Waals surface area contributed by atoms with E-state index in [-0.39, 0.29) is 21.2 Å². The van der Waals surface area contributed by atoms with Crippen LogP contribution in [-0.2, 0) is 0 Å². The zero-order valence-corrected chi connectivity index (χ0v) is 38.6. The van der Waals surface area contributed by atoms with Crippen LogP contribution in [0.15, 0.2) is 215 Å². The van der Waals surface area contributed by atoms with Gasteiger partial charge in [0.1, 0.15) is 0 Å². The van der Waals surface area contributed by atoms with Gasteiger partial charge in [-0.2, -0.15) is 0 Å². The van der Waals surface area contributed by atoms with Crippen LogP contribution >= 0.6 is 54.5 Å². The second-order valence-electron chi connectivity index (χ2n) is 14.4. The number of nitrogens with one attached hydrogen (secondary N) is 1. The van der Waals surface area contributed by atoms with Crippen LogP contribution in [-0.4, -0.2) is 19.4 Å². The zero-order valence-electron chi connectivity index (χ0n) is 33.2. The highest BCUT2D eigenvalue weighted by atomic mass is 127. The highest BCUT2D eigenvalue weighted by Crippen LogP contribution is 2.36. The van der Waals surface area contributed by atoms with Crippen molar-refractivity contribution >= 4 is 87.6 Å². The molecule has 8 nitrogen and oxygen atoms in total. The summed E-state index contributed by atoms with van der Waals surface area (Å²) >= 11 is 9.10. The third-order valence-corrected chi connectivity index (χ3v) is 12.1. The Morgan fingerprint density at radius 2 is 0.952 bits per heavy atom. The van der Waals surface area contributed by atoms with Gasteiger partial charge in [-0.1, -0.05) is 129 Å². The number of nitro benzene ring substituents is 2. The lowest BCUT2D eigenvalue weighted by molar-refractivity contribution is -0.384. The molecule has 10 aromatic rings. The van der Waals surface area contributed by atoms with Crippen LogP contribution in [0.5, 0.6) is 0 Å². The molecular weight excluding hydrogens is 1030 g/mol. The minimum absolute atomic E-state index is 0.0958. The Bertz CT molecular complexity index is 3210. The van der Waals surface area contributed by atoms with E-state index in [4.69, 9.17) is 0 Å². The molecule has 1 N–H and O–H groups in total. The lowest BCUT2D eigenvalue weighted by atomic mass is 10.0. The topological polar surface area (TPSA) is 107 Å². The number of fused-ring (bicyclic) bond motifs is 2. The molecule has 11 heteroatoms. The van der Waals surface area contributed by atoms with Crippen LogP contribution in [0.4, 0.5) is 11.4 Å². The number of hydrogen-bond donors (Lipinski definition) is 1. The number of nitro groups is 2. The molecule has 0 spiro atoms. The van der Waals surface area contributed by atoms with E-state index >= 15 is 0 Å². The molecule has 0 radical (unpaired) electrons. The van der Waals surface area contributed by atoms with E-state index in [1.807, 2.05) is 85.2 Å². The number of aromatic amines is 1. The van der Waals surface area contributed by atoms with Crippen molar-refractivity contribution in [2.24, 2.45) is 0 Å². The summed E-state index contributed by atoms with van der Waals surface area (Å²) < 4.78 is 5.03. The predicted octanol–water partition coefficient (Wildman–Crippen LogP) is 16.1. The van der Waals surface area contributed by atoms with Gasteiger partial charge in [0.2, 0.25) is 0 Å². The first kappa shape index (κ1) is 43.0. The summed E-state index contributed by atoms with van der Waals surface area (Å²) in [5, 5.41) is 24.6. The number of nitrogens with zero attached hydrogens (tertiary/aromatic N) is 3. The summed E-state index contributed by atoms with van der Waals surface area (Å²) in [4.78, 5) is 25.0. The smallest absolute Gasteiger partial charge is 0.277 e. The van der Waals surface area contributed by atoms with E-state index in [2.05, 4.69) is 149 Å². The minimum Gasteiger partial charge on any atom is -0.361 e. The van der Waals surface area contributed by atoms with E-state index < -0.39 is 0 Å². The third-order valence-electron chi connectivity index (χ3n) is 10.4. The fourth-order valence-corrected chi connectivity index (χ4v) is 8.35. The Balaban J connectivity index is 0.000000144. The van der Waals surface area contributed by atoms with Gasteiger partial charge in [0.25, 0.3) is 11.4 Å². The van der Waals surface area contributed by atoms with Crippen molar-refractivity contribution in [3.8, 4) is 50.2 Å². The van der Waals surface area contributed by atoms with Gasteiger partial charge in [-0.05, 0) is 146 Å². The molecule has 0 bridgehead atoms. The molecule has 0 aliphatic carbocycles. The van der Waals surface area contributed by atoms with Crippen molar-refractivity contribution in [3.63, 3.8) is 0 Å². The maximum Gasteiger partial charge on any atom is 0.277 e. The van der Waals surface area contributed by atoms with Crippen molar-refractivity contribution in [2.45, 2.75) is 0 Å². The Morgan fingerprint density at radius 3 is 1.49 bits per heavy atom. The van der Waals surface area contributed by atoms with Gasteiger partial charge >= 0.3 is 0 Å². The summed E-state index contributed by atoms with van der Waals surface area (Å²) in [5.74, 6) is 0. The molecule has 0 aliphatic rings. The Kier molecular flexibility index (Phi) is 13.4. The quantitative estimate of drug-likeness (QED) is 0.0974. The van der Waals surface area contributed by atoms with Gasteiger partial charge in [-0.3, -0.25) is 20.2 Å². The molecule has 0 aliphatic heterocycles. The van der Waals surface area contributed by atoms with Crippen molar-refractivity contribution in [3.05, 3.63) is 239 Å². The second-order valence-corrected chi connectivity index (χ2v) is 17.4. The van der Waals surface area contributed by atoms with Gasteiger partial charge in [0.15, 0.2) is 0 Å². The molecule has 10 rings (SSSR count). The maximum absolute atomic E-state index is 11.5. The van der Waals surface area contributed by atoms with Gasteiger partial charge in [-0.25, -0.2) is 0 Å². The van der Waals surface area contributed by atoms with Gasteiger partial charge in [0.05, 0.1) is 26.5 Å². The molecule has 63 heavy (non-hydrogen) atoms. The fraction of sp³-hybridized carbons (Fsp3) is 0. The van der Waals surface area contributed by atoms with Gasteiger partial charge in [0, 0.05) is 53.6 Å². The average Bonchev–Trinajstić information content (AvgIpc) is 3.97. The minimum atomic E-state index is -0.358. The lowest BCUT2D eigenvalue weighted by Gasteiger charge is -2.09. The number of halogens is 3. The second kappa shape index (κ2) is 19.6. The number of H-pyrrole nitrogens is 1. The molecule has 0 saturated heterocycles. The normalized spacial score (nSPS) is 10.7. The molecule has 0 saturated carbocycles. The number of rotatable bonds is 7. The van der Waals surface area contributed by atoms with E-state index in [0.717, 1.165) is 47.6 Å². The summed E-state index contributed by atoms with van der Waals surface area (Å²) in [5.41, 5.74) is 11.1. The number of hydrogen-bond acceptors (Lipinski definition) is 4. The first-order chi connectivity index (χ1) is 30.6. The van der Waals surface area contributed by atoms with Crippen molar-refractivity contribution in [1.82, 2.24) is 9.55 Å². The van der Waals surface area contributed by atoms with Crippen molar-refractivity contribution in [2.75, 3.05) is 0 Å². The maximum atomic E-state index is 11.5. The standard InChI is InChI=1S/C26H17BrN2O2.C14H9BrN2O2.C12H9I/c27-22-9-13-26(29(30)31)24(17-22)20-8-12-25-21(16-20)14-15-28(25)23-10-6-19(7-11-23)18-4-2-1-3-5-18;15-11-2-4-14(17(18)19)12(8-11)9-1-3-13-10(7-9)5-6-16-13;13-12-8-6-11(7-9-12)10-4-2-1-3-5-10/h1-17H;1-8,16H;1-9H. The Labute approximate surface area is 393 Å². The molecule has 2 heterocycles. The van der Waals surface area contributed by atoms with E-state index in [0.29, 0.717) is 11.1 Å². The monoisotopic (exact) mass is 1060 g/mol. The molecule has 0 unspecified atom stereocenters. The summed E-state index contributed by atoms with van der Waals surface area (Å²) in [7, 11) is 0. The van der Waals surface area contributed by atoms with E-state index in [1.165, 1.54) is 38.0 Å². The highest BCUT2D eigenvalue weighted by molar-refractivity contribution is 14.1. The van der Waals surface area contributed by atoms with Gasteiger partial charge in [-0.15, -0.1) is 0 Å². The summed E-state index contributed by atoms with van der Waals surface area (Å²) in [6.07, 6.45) is 3.88. The zero-order chi connectivity index (χ0) is 43.9. The van der Waals surface area contributed by atoms with Crippen LogP contribution in [0.3, 0.4) is 0 Å². The average molecular weight is 1070 g/mol. The van der Waals surface area contributed by atoms with Crippen LogP contribution in [0.25, 0.3) is 72.0 Å². The molecule has 308 valence electrons. The molecule has 2 aromatic heterocycles. The van der Waals surface area contributed by atoms with E-state index in [1.54, 1.807) is 24.3 Å². The largest absolute Gasteiger partial charge is 0.361 e. The van der Waals surface area contributed by atoms with Gasteiger partial charge < -0.3 is 9.55 Å². The Morgan fingerprint density at radius 1 is 0.476 bits per heavy atom. The Hall–Kier alpha value is -6.67. The van der Waals surface area contributed by atoms with E-state index in [9.17, 15) is 20.2 Å². The van der Waals surface area contributed by atoms with Crippen LogP contribution in [0.2, 0.25) is 0 Å². The highest BCUT2D eigenvalue weighted by Gasteiger charge is 2.18.